The van der Waals surface area contributed by atoms with E-state index >= 15 is 0 Å². The van der Waals surface area contributed by atoms with Gasteiger partial charge in [0.2, 0.25) is 0 Å². The van der Waals surface area contributed by atoms with E-state index in [2.05, 4.69) is 16.9 Å². The van der Waals surface area contributed by atoms with Crippen LogP contribution >= 0.6 is 0 Å². The van der Waals surface area contributed by atoms with E-state index in [1.807, 2.05) is 24.7 Å². The van der Waals surface area contributed by atoms with Crippen molar-refractivity contribution in [1.82, 2.24) is 9.97 Å². The SMILES string of the molecule is CC(CCN)c1cncc2ccncc12. The topological polar surface area (TPSA) is 51.8 Å². The molecule has 2 rings (SSSR count). The van der Waals surface area contributed by atoms with Crippen LogP contribution in [0.3, 0.4) is 0 Å². The predicted octanol–water partition coefficient (Wildman–Crippen LogP) is 2.08. The van der Waals surface area contributed by atoms with Crippen molar-refractivity contribution in [3.05, 3.63) is 36.4 Å². The monoisotopic (exact) mass is 201 g/mol. The van der Waals surface area contributed by atoms with E-state index in [-0.39, 0.29) is 0 Å². The molecule has 0 aliphatic carbocycles. The highest BCUT2D eigenvalue weighted by molar-refractivity contribution is 5.84. The quantitative estimate of drug-likeness (QED) is 0.827. The molecule has 1 atom stereocenters. The molecule has 1 unspecified atom stereocenters. The highest BCUT2D eigenvalue weighted by atomic mass is 14.7. The van der Waals surface area contributed by atoms with E-state index in [4.69, 9.17) is 5.73 Å². The van der Waals surface area contributed by atoms with E-state index in [0.29, 0.717) is 12.5 Å². The molecule has 2 heterocycles. The Bertz CT molecular complexity index is 448. The molecule has 78 valence electrons. The highest BCUT2D eigenvalue weighted by Crippen LogP contribution is 2.25. The van der Waals surface area contributed by atoms with Gasteiger partial charge in [-0.3, -0.25) is 9.97 Å². The third-order valence-corrected chi connectivity index (χ3v) is 2.72. The molecule has 2 aromatic rings. The third-order valence-electron chi connectivity index (χ3n) is 2.72. The van der Waals surface area contributed by atoms with Crippen molar-refractivity contribution >= 4 is 10.8 Å². The van der Waals surface area contributed by atoms with Gasteiger partial charge in [-0.2, -0.15) is 0 Å². The second kappa shape index (κ2) is 4.36. The van der Waals surface area contributed by atoms with Crippen LogP contribution in [0.5, 0.6) is 0 Å². The Labute approximate surface area is 89.4 Å². The Morgan fingerprint density at radius 1 is 1.27 bits per heavy atom. The second-order valence-electron chi connectivity index (χ2n) is 3.80. The number of fused-ring (bicyclic) bond motifs is 1. The summed E-state index contributed by atoms with van der Waals surface area (Å²) < 4.78 is 0. The Balaban J connectivity index is 2.50. The van der Waals surface area contributed by atoms with Crippen LogP contribution in [0.15, 0.2) is 30.9 Å². The summed E-state index contributed by atoms with van der Waals surface area (Å²) in [6.07, 6.45) is 8.47. The first-order chi connectivity index (χ1) is 7.33. The zero-order valence-corrected chi connectivity index (χ0v) is 8.85. The summed E-state index contributed by atoms with van der Waals surface area (Å²) in [5.74, 6) is 0.440. The average Bonchev–Trinajstić information content (AvgIpc) is 2.28. The lowest BCUT2D eigenvalue weighted by Gasteiger charge is -2.12. The van der Waals surface area contributed by atoms with Gasteiger partial charge in [0.15, 0.2) is 0 Å². The molecule has 0 aliphatic heterocycles. The van der Waals surface area contributed by atoms with Gasteiger partial charge in [-0.25, -0.2) is 0 Å². The van der Waals surface area contributed by atoms with E-state index in [1.54, 1.807) is 6.20 Å². The summed E-state index contributed by atoms with van der Waals surface area (Å²) in [5.41, 5.74) is 6.82. The first-order valence-electron chi connectivity index (χ1n) is 5.20. The summed E-state index contributed by atoms with van der Waals surface area (Å²) in [7, 11) is 0. The molecule has 0 aliphatic rings. The molecule has 15 heavy (non-hydrogen) atoms. The van der Waals surface area contributed by atoms with Crippen molar-refractivity contribution in [1.29, 1.82) is 0 Å². The number of aromatic nitrogens is 2. The molecule has 3 nitrogen and oxygen atoms in total. The van der Waals surface area contributed by atoms with Gasteiger partial charge in [0.1, 0.15) is 0 Å². The normalized spacial score (nSPS) is 12.9. The van der Waals surface area contributed by atoms with Crippen LogP contribution in [0, 0.1) is 0 Å². The van der Waals surface area contributed by atoms with E-state index < -0.39 is 0 Å². The molecule has 2 aromatic heterocycles. The Kier molecular flexibility index (Phi) is 2.92. The minimum atomic E-state index is 0.440. The second-order valence-corrected chi connectivity index (χ2v) is 3.80. The molecular formula is C12H15N3. The summed E-state index contributed by atoms with van der Waals surface area (Å²) in [4.78, 5) is 8.40. The fraction of sp³-hybridized carbons (Fsp3) is 0.333. The van der Waals surface area contributed by atoms with Gasteiger partial charge < -0.3 is 5.73 Å². The van der Waals surface area contributed by atoms with E-state index in [1.165, 1.54) is 10.9 Å². The van der Waals surface area contributed by atoms with Crippen LogP contribution in [0.1, 0.15) is 24.8 Å². The van der Waals surface area contributed by atoms with Gasteiger partial charge >= 0.3 is 0 Å². The molecule has 0 radical (unpaired) electrons. The number of rotatable bonds is 3. The van der Waals surface area contributed by atoms with Crippen LogP contribution < -0.4 is 5.73 Å². The van der Waals surface area contributed by atoms with Gasteiger partial charge in [-0.15, -0.1) is 0 Å². The van der Waals surface area contributed by atoms with Gasteiger partial charge in [0.25, 0.3) is 0 Å². The Morgan fingerprint density at radius 2 is 2.13 bits per heavy atom. The van der Waals surface area contributed by atoms with Crippen LogP contribution in [0.4, 0.5) is 0 Å². The smallest absolute Gasteiger partial charge is 0.0350 e. The number of nitrogens with zero attached hydrogens (tertiary/aromatic N) is 2. The number of nitrogens with two attached hydrogens (primary N) is 1. The summed E-state index contributed by atoms with van der Waals surface area (Å²) >= 11 is 0. The fourth-order valence-electron chi connectivity index (χ4n) is 1.82. The molecule has 0 spiro atoms. The zero-order valence-electron chi connectivity index (χ0n) is 8.85. The zero-order chi connectivity index (χ0) is 10.7. The molecule has 0 amide bonds. The Morgan fingerprint density at radius 3 is 2.93 bits per heavy atom. The summed E-state index contributed by atoms with van der Waals surface area (Å²) in [5, 5.41) is 2.33. The van der Waals surface area contributed by atoms with Crippen LogP contribution in [-0.4, -0.2) is 16.5 Å². The Hall–Kier alpha value is -1.48. The number of pyridine rings is 2. The predicted molar refractivity (Wildman–Crippen MR) is 61.6 cm³/mol. The maximum atomic E-state index is 5.57. The maximum absolute atomic E-state index is 5.57. The first-order valence-corrected chi connectivity index (χ1v) is 5.20. The third kappa shape index (κ3) is 1.97. The van der Waals surface area contributed by atoms with Crippen molar-refractivity contribution in [2.45, 2.75) is 19.3 Å². The van der Waals surface area contributed by atoms with Gasteiger partial charge in [-0.1, -0.05) is 6.92 Å². The molecule has 0 fully saturated rings. The molecular weight excluding hydrogens is 186 g/mol. The van der Waals surface area contributed by atoms with Crippen molar-refractivity contribution in [2.75, 3.05) is 6.54 Å². The molecule has 2 N–H and O–H groups in total. The molecule has 0 bridgehead atoms. The average molecular weight is 201 g/mol. The standard InChI is InChI=1S/C12H15N3/c1-9(2-4-13)11-7-15-6-10-3-5-14-8-12(10)11/h3,5-9H,2,4,13H2,1H3. The van der Waals surface area contributed by atoms with Gasteiger partial charge in [-0.05, 0) is 30.5 Å². The van der Waals surface area contributed by atoms with Crippen molar-refractivity contribution in [3.8, 4) is 0 Å². The first kappa shape index (κ1) is 10.1. The van der Waals surface area contributed by atoms with Crippen molar-refractivity contribution < 1.29 is 0 Å². The largest absolute Gasteiger partial charge is 0.330 e. The van der Waals surface area contributed by atoms with Crippen LogP contribution in [-0.2, 0) is 0 Å². The van der Waals surface area contributed by atoms with Crippen molar-refractivity contribution in [2.24, 2.45) is 5.73 Å². The lowest BCUT2D eigenvalue weighted by Crippen LogP contribution is -2.05. The van der Waals surface area contributed by atoms with Crippen molar-refractivity contribution in [3.63, 3.8) is 0 Å². The molecule has 0 saturated carbocycles. The number of hydrogen-bond donors (Lipinski definition) is 1. The summed E-state index contributed by atoms with van der Waals surface area (Å²) in [6.45, 7) is 2.88. The van der Waals surface area contributed by atoms with Crippen LogP contribution in [0.2, 0.25) is 0 Å². The van der Waals surface area contributed by atoms with Gasteiger partial charge in [0.05, 0.1) is 0 Å². The van der Waals surface area contributed by atoms with E-state index in [9.17, 15) is 0 Å². The summed E-state index contributed by atoms with van der Waals surface area (Å²) in [6, 6.07) is 1.99. The van der Waals surface area contributed by atoms with Crippen LogP contribution in [0.25, 0.3) is 10.8 Å². The minimum Gasteiger partial charge on any atom is -0.330 e. The number of hydrogen-bond acceptors (Lipinski definition) is 3. The molecule has 0 saturated heterocycles. The highest BCUT2D eigenvalue weighted by Gasteiger charge is 2.08. The van der Waals surface area contributed by atoms with E-state index in [0.717, 1.165) is 11.8 Å². The fourth-order valence-corrected chi connectivity index (χ4v) is 1.82. The lowest BCUT2D eigenvalue weighted by molar-refractivity contribution is 0.692. The minimum absolute atomic E-state index is 0.440. The molecule has 0 aromatic carbocycles. The lowest BCUT2D eigenvalue weighted by atomic mass is 9.96. The van der Waals surface area contributed by atoms with Gasteiger partial charge in [0, 0.05) is 35.6 Å². The maximum Gasteiger partial charge on any atom is 0.0350 e. The molecule has 3 heteroatoms.